The molecule has 2 rings (SSSR count). The molecule has 1 fully saturated rings. The first-order valence-electron chi connectivity index (χ1n) is 6.95. The summed E-state index contributed by atoms with van der Waals surface area (Å²) in [5.74, 6) is -0.460. The zero-order valence-electron chi connectivity index (χ0n) is 11.5. The molecule has 20 heavy (non-hydrogen) atoms. The van der Waals surface area contributed by atoms with Gasteiger partial charge in [-0.3, -0.25) is 9.59 Å². The first-order valence-corrected chi connectivity index (χ1v) is 6.95. The van der Waals surface area contributed by atoms with Crippen molar-refractivity contribution in [2.45, 2.75) is 25.8 Å². The van der Waals surface area contributed by atoms with Crippen LogP contribution in [-0.2, 0) is 22.6 Å². The Morgan fingerprint density at radius 3 is 2.45 bits per heavy atom. The van der Waals surface area contributed by atoms with E-state index in [9.17, 15) is 9.59 Å². The fraction of sp³-hybridized carbons (Fsp3) is 0.467. The van der Waals surface area contributed by atoms with Gasteiger partial charge in [0.15, 0.2) is 0 Å². The van der Waals surface area contributed by atoms with Crippen LogP contribution in [0.25, 0.3) is 0 Å². The van der Waals surface area contributed by atoms with Crippen LogP contribution in [0.2, 0.25) is 0 Å². The van der Waals surface area contributed by atoms with E-state index in [1.165, 1.54) is 0 Å². The van der Waals surface area contributed by atoms with Gasteiger partial charge in [-0.1, -0.05) is 24.3 Å². The highest BCUT2D eigenvalue weighted by atomic mass is 16.2. The van der Waals surface area contributed by atoms with E-state index in [1.807, 2.05) is 24.3 Å². The quantitative estimate of drug-likeness (QED) is 0.834. The second kappa shape index (κ2) is 6.52. The van der Waals surface area contributed by atoms with Crippen molar-refractivity contribution in [2.24, 2.45) is 17.4 Å². The van der Waals surface area contributed by atoms with Gasteiger partial charge < -0.3 is 16.4 Å². The maximum absolute atomic E-state index is 12.2. The van der Waals surface area contributed by atoms with E-state index >= 15 is 0 Å². The molecule has 1 unspecified atom stereocenters. The summed E-state index contributed by atoms with van der Waals surface area (Å²) < 4.78 is 0. The SMILES string of the molecule is NCc1ccc(CC(=O)N2CCCC(C(N)=O)C2)cc1. The largest absolute Gasteiger partial charge is 0.369 e. The first-order chi connectivity index (χ1) is 9.60. The number of carbonyl (C=O) groups is 2. The Labute approximate surface area is 118 Å². The summed E-state index contributed by atoms with van der Waals surface area (Å²) >= 11 is 0. The average Bonchev–Trinajstić information content (AvgIpc) is 2.48. The molecule has 0 aliphatic carbocycles. The number of hydrogen-bond acceptors (Lipinski definition) is 3. The van der Waals surface area contributed by atoms with Crippen LogP contribution in [0.15, 0.2) is 24.3 Å². The molecule has 1 aliphatic heterocycles. The normalized spacial score (nSPS) is 18.9. The maximum atomic E-state index is 12.2. The standard InChI is InChI=1S/C15H21N3O2/c16-9-12-5-3-11(4-6-12)8-14(19)18-7-1-2-13(10-18)15(17)20/h3-6,13H,1-2,7-10,16H2,(H2,17,20). The van der Waals surface area contributed by atoms with Crippen LogP contribution in [0.4, 0.5) is 0 Å². The lowest BCUT2D eigenvalue weighted by molar-refractivity contribution is -0.134. The summed E-state index contributed by atoms with van der Waals surface area (Å²) in [6.07, 6.45) is 1.98. The fourth-order valence-corrected chi connectivity index (χ4v) is 2.52. The van der Waals surface area contributed by atoms with E-state index in [-0.39, 0.29) is 17.7 Å². The van der Waals surface area contributed by atoms with E-state index in [2.05, 4.69) is 0 Å². The summed E-state index contributed by atoms with van der Waals surface area (Å²) in [7, 11) is 0. The van der Waals surface area contributed by atoms with Crippen molar-refractivity contribution >= 4 is 11.8 Å². The van der Waals surface area contributed by atoms with Gasteiger partial charge in [0.1, 0.15) is 0 Å². The Bertz CT molecular complexity index is 484. The minimum Gasteiger partial charge on any atom is -0.369 e. The van der Waals surface area contributed by atoms with Gasteiger partial charge in [-0.15, -0.1) is 0 Å². The van der Waals surface area contributed by atoms with Gasteiger partial charge in [0.25, 0.3) is 0 Å². The molecule has 5 nitrogen and oxygen atoms in total. The third-order valence-electron chi connectivity index (χ3n) is 3.79. The van der Waals surface area contributed by atoms with Crippen molar-refractivity contribution in [1.29, 1.82) is 0 Å². The van der Waals surface area contributed by atoms with Crippen LogP contribution in [-0.4, -0.2) is 29.8 Å². The molecule has 4 N–H and O–H groups in total. The molecule has 1 aromatic carbocycles. The minimum atomic E-state index is -0.310. The molecular formula is C15H21N3O2. The molecule has 1 saturated heterocycles. The lowest BCUT2D eigenvalue weighted by atomic mass is 9.97. The monoisotopic (exact) mass is 275 g/mol. The second-order valence-electron chi connectivity index (χ2n) is 5.28. The Morgan fingerprint density at radius 1 is 1.20 bits per heavy atom. The molecule has 0 spiro atoms. The maximum Gasteiger partial charge on any atom is 0.227 e. The summed E-state index contributed by atoms with van der Waals surface area (Å²) in [6.45, 7) is 1.67. The predicted octanol–water partition coefficient (Wildman–Crippen LogP) is 0.412. The highest BCUT2D eigenvalue weighted by Crippen LogP contribution is 2.17. The van der Waals surface area contributed by atoms with Crippen LogP contribution in [0.5, 0.6) is 0 Å². The topological polar surface area (TPSA) is 89.4 Å². The van der Waals surface area contributed by atoms with Gasteiger partial charge in [-0.05, 0) is 24.0 Å². The first kappa shape index (κ1) is 14.5. The molecule has 0 saturated carbocycles. The van der Waals surface area contributed by atoms with Gasteiger partial charge in [0.05, 0.1) is 12.3 Å². The number of benzene rings is 1. The van der Waals surface area contributed by atoms with Crippen LogP contribution >= 0.6 is 0 Å². The summed E-state index contributed by atoms with van der Waals surface area (Å²) in [6, 6.07) is 7.72. The molecule has 0 radical (unpaired) electrons. The number of nitrogens with two attached hydrogens (primary N) is 2. The van der Waals surface area contributed by atoms with E-state index in [4.69, 9.17) is 11.5 Å². The highest BCUT2D eigenvalue weighted by molar-refractivity contribution is 5.81. The molecular weight excluding hydrogens is 254 g/mol. The molecule has 0 aromatic heterocycles. The Morgan fingerprint density at radius 2 is 1.85 bits per heavy atom. The number of carbonyl (C=O) groups excluding carboxylic acids is 2. The average molecular weight is 275 g/mol. The number of likely N-dealkylation sites (tertiary alicyclic amines) is 1. The van der Waals surface area contributed by atoms with E-state index in [0.717, 1.165) is 24.0 Å². The minimum absolute atomic E-state index is 0.0523. The number of primary amides is 1. The fourth-order valence-electron chi connectivity index (χ4n) is 2.52. The van der Waals surface area contributed by atoms with Gasteiger partial charge in [-0.25, -0.2) is 0 Å². The summed E-state index contributed by atoms with van der Waals surface area (Å²) in [5, 5.41) is 0. The molecule has 108 valence electrons. The number of piperidine rings is 1. The van der Waals surface area contributed by atoms with Gasteiger partial charge in [0, 0.05) is 19.6 Å². The van der Waals surface area contributed by atoms with E-state index in [0.29, 0.717) is 26.1 Å². The number of hydrogen-bond donors (Lipinski definition) is 2. The van der Waals surface area contributed by atoms with E-state index in [1.54, 1.807) is 4.90 Å². The Kier molecular flexibility index (Phi) is 4.74. The van der Waals surface area contributed by atoms with Gasteiger partial charge in [0.2, 0.25) is 11.8 Å². The molecule has 1 heterocycles. The van der Waals surface area contributed by atoms with Gasteiger partial charge in [-0.2, -0.15) is 0 Å². The lowest BCUT2D eigenvalue weighted by Crippen LogP contribution is -2.44. The summed E-state index contributed by atoms with van der Waals surface area (Å²) in [4.78, 5) is 25.2. The lowest BCUT2D eigenvalue weighted by Gasteiger charge is -2.31. The second-order valence-corrected chi connectivity index (χ2v) is 5.28. The van der Waals surface area contributed by atoms with Crippen molar-refractivity contribution in [2.75, 3.05) is 13.1 Å². The zero-order valence-corrected chi connectivity index (χ0v) is 11.5. The van der Waals surface area contributed by atoms with Crippen LogP contribution in [0.3, 0.4) is 0 Å². The molecule has 1 atom stereocenters. The third kappa shape index (κ3) is 3.57. The summed E-state index contributed by atoms with van der Waals surface area (Å²) in [5.41, 5.74) is 12.9. The molecule has 5 heteroatoms. The van der Waals surface area contributed by atoms with Gasteiger partial charge >= 0.3 is 0 Å². The number of amides is 2. The molecule has 0 bridgehead atoms. The smallest absolute Gasteiger partial charge is 0.227 e. The predicted molar refractivity (Wildman–Crippen MR) is 76.5 cm³/mol. The van der Waals surface area contributed by atoms with Crippen molar-refractivity contribution < 1.29 is 9.59 Å². The highest BCUT2D eigenvalue weighted by Gasteiger charge is 2.26. The van der Waals surface area contributed by atoms with Crippen molar-refractivity contribution in [1.82, 2.24) is 4.90 Å². The molecule has 1 aromatic rings. The van der Waals surface area contributed by atoms with Crippen molar-refractivity contribution in [3.63, 3.8) is 0 Å². The van der Waals surface area contributed by atoms with Crippen molar-refractivity contribution in [3.05, 3.63) is 35.4 Å². The molecule has 1 aliphatic rings. The van der Waals surface area contributed by atoms with Crippen LogP contribution < -0.4 is 11.5 Å². The third-order valence-corrected chi connectivity index (χ3v) is 3.79. The number of rotatable bonds is 4. The van der Waals surface area contributed by atoms with E-state index < -0.39 is 0 Å². The van der Waals surface area contributed by atoms with Crippen LogP contribution in [0, 0.1) is 5.92 Å². The Hall–Kier alpha value is -1.88. The zero-order chi connectivity index (χ0) is 14.5. The molecule has 2 amide bonds. The van der Waals surface area contributed by atoms with Crippen molar-refractivity contribution in [3.8, 4) is 0 Å². The number of nitrogens with zero attached hydrogens (tertiary/aromatic N) is 1. The Balaban J connectivity index is 1.95. The van der Waals surface area contributed by atoms with Crippen LogP contribution in [0.1, 0.15) is 24.0 Å².